The summed E-state index contributed by atoms with van der Waals surface area (Å²) in [7, 11) is 0. The van der Waals surface area contributed by atoms with Crippen molar-refractivity contribution in [3.8, 4) is 0 Å². The molecule has 3 heterocycles. The minimum atomic E-state index is -0.491. The number of nitrogens with one attached hydrogen (secondary N) is 1. The number of hydrogen-bond donors (Lipinski definition) is 2. The van der Waals surface area contributed by atoms with Gasteiger partial charge in [0.05, 0.1) is 5.56 Å². The number of nitrogens with zero attached hydrogens (tertiary/aromatic N) is 3. The van der Waals surface area contributed by atoms with Crippen molar-refractivity contribution in [2.45, 2.75) is 46.3 Å². The van der Waals surface area contributed by atoms with E-state index in [4.69, 9.17) is 5.73 Å². The van der Waals surface area contributed by atoms with E-state index < -0.39 is 5.91 Å². The number of aromatic nitrogens is 2. The summed E-state index contributed by atoms with van der Waals surface area (Å²) in [6.45, 7) is 8.49. The number of fused-ring (bicyclic) bond motifs is 1. The zero-order valence-electron chi connectivity index (χ0n) is 15.1. The molecule has 0 fully saturated rings. The Labute approximate surface area is 163 Å². The van der Waals surface area contributed by atoms with E-state index in [0.29, 0.717) is 28.8 Å². The zero-order chi connectivity index (χ0) is 18.1. The second-order valence-corrected chi connectivity index (χ2v) is 7.48. The third kappa shape index (κ3) is 3.77. The molecular weight excluding hydrogens is 374 g/mol. The fourth-order valence-corrected chi connectivity index (χ4v) is 4.43. The third-order valence-corrected chi connectivity index (χ3v) is 5.67. The Morgan fingerprint density at radius 3 is 2.77 bits per heavy atom. The van der Waals surface area contributed by atoms with Crippen LogP contribution in [-0.2, 0) is 19.5 Å². The van der Waals surface area contributed by atoms with E-state index in [9.17, 15) is 9.59 Å². The predicted octanol–water partition coefficient (Wildman–Crippen LogP) is 2.50. The molecule has 0 bridgehead atoms. The smallest absolute Gasteiger partial charge is 0.274 e. The number of halogens is 1. The summed E-state index contributed by atoms with van der Waals surface area (Å²) in [6.07, 6.45) is 2.36. The van der Waals surface area contributed by atoms with Crippen molar-refractivity contribution in [1.29, 1.82) is 0 Å². The lowest BCUT2D eigenvalue weighted by atomic mass is 10.0. The predicted molar refractivity (Wildman–Crippen MR) is 105 cm³/mol. The van der Waals surface area contributed by atoms with Gasteiger partial charge in [-0.15, -0.1) is 23.7 Å². The maximum atomic E-state index is 12.6. The largest absolute Gasteiger partial charge is 0.365 e. The summed E-state index contributed by atoms with van der Waals surface area (Å²) >= 11 is 1.45. The number of rotatable bonds is 5. The van der Waals surface area contributed by atoms with Gasteiger partial charge in [0.1, 0.15) is 10.7 Å². The topological polar surface area (TPSA) is 93.2 Å². The van der Waals surface area contributed by atoms with Crippen LogP contribution < -0.4 is 11.1 Å². The number of aryl methyl sites for hydroxylation is 1. The van der Waals surface area contributed by atoms with Crippen LogP contribution in [0.5, 0.6) is 0 Å². The van der Waals surface area contributed by atoms with Gasteiger partial charge in [0.15, 0.2) is 0 Å². The molecule has 26 heavy (non-hydrogen) atoms. The van der Waals surface area contributed by atoms with E-state index in [1.807, 2.05) is 6.92 Å². The second-order valence-electron chi connectivity index (χ2n) is 6.37. The highest BCUT2D eigenvalue weighted by molar-refractivity contribution is 7.17. The quantitative estimate of drug-likeness (QED) is 0.810. The molecule has 3 rings (SSSR count). The van der Waals surface area contributed by atoms with Crippen LogP contribution in [-0.4, -0.2) is 39.1 Å². The summed E-state index contributed by atoms with van der Waals surface area (Å²) in [4.78, 5) is 28.0. The number of amides is 2. The minimum absolute atomic E-state index is 0. The lowest BCUT2D eigenvalue weighted by molar-refractivity contribution is 0.0999. The summed E-state index contributed by atoms with van der Waals surface area (Å²) in [5.74, 6) is -0.768. The first-order valence-electron chi connectivity index (χ1n) is 8.43. The standard InChI is InChI=1S/C17H23N5O2S.ClH/c1-4-22-12(5-7-19-22)16(24)20-17-14(15(18)23)11-6-8-21(10(2)3)9-13(11)25-17;/h5,7,10H,4,6,8-9H2,1-3H3,(H2,18,23)(H,20,24);1H. The van der Waals surface area contributed by atoms with Gasteiger partial charge >= 0.3 is 0 Å². The summed E-state index contributed by atoms with van der Waals surface area (Å²) in [6, 6.07) is 2.10. The molecule has 9 heteroatoms. The Hall–Kier alpha value is -1.90. The first-order valence-corrected chi connectivity index (χ1v) is 9.25. The van der Waals surface area contributed by atoms with E-state index in [0.717, 1.165) is 30.0 Å². The lowest BCUT2D eigenvalue weighted by Gasteiger charge is -2.30. The molecule has 2 aromatic heterocycles. The van der Waals surface area contributed by atoms with E-state index in [1.165, 1.54) is 11.3 Å². The average Bonchev–Trinajstić information content (AvgIpc) is 3.17. The number of nitrogens with two attached hydrogens (primary N) is 1. The number of hydrogen-bond acceptors (Lipinski definition) is 5. The van der Waals surface area contributed by atoms with Gasteiger partial charge in [-0.3, -0.25) is 19.2 Å². The highest BCUT2D eigenvalue weighted by atomic mass is 35.5. The van der Waals surface area contributed by atoms with Gasteiger partial charge in [0.2, 0.25) is 0 Å². The van der Waals surface area contributed by atoms with Gasteiger partial charge in [-0.25, -0.2) is 0 Å². The van der Waals surface area contributed by atoms with Gasteiger partial charge < -0.3 is 11.1 Å². The molecular formula is C17H24ClN5O2S. The van der Waals surface area contributed by atoms with E-state index in [-0.39, 0.29) is 18.3 Å². The molecule has 3 N–H and O–H groups in total. The Bertz CT molecular complexity index is 814. The number of primary amides is 1. The molecule has 0 spiro atoms. The normalized spacial score (nSPS) is 14.0. The number of thiophene rings is 1. The minimum Gasteiger partial charge on any atom is -0.365 e. The van der Waals surface area contributed by atoms with Crippen molar-refractivity contribution in [3.63, 3.8) is 0 Å². The molecule has 1 aliphatic heterocycles. The van der Waals surface area contributed by atoms with Gasteiger partial charge in [0, 0.05) is 36.8 Å². The van der Waals surface area contributed by atoms with Crippen molar-refractivity contribution in [1.82, 2.24) is 14.7 Å². The molecule has 2 amide bonds. The maximum absolute atomic E-state index is 12.6. The van der Waals surface area contributed by atoms with Crippen LogP contribution in [0, 0.1) is 0 Å². The highest BCUT2D eigenvalue weighted by Gasteiger charge is 2.28. The van der Waals surface area contributed by atoms with Crippen LogP contribution >= 0.6 is 23.7 Å². The summed E-state index contributed by atoms with van der Waals surface area (Å²) in [5, 5.41) is 7.52. The summed E-state index contributed by atoms with van der Waals surface area (Å²) < 4.78 is 1.62. The molecule has 142 valence electrons. The Morgan fingerprint density at radius 2 is 2.15 bits per heavy atom. The van der Waals surface area contributed by atoms with Gasteiger partial charge in [-0.1, -0.05) is 0 Å². The summed E-state index contributed by atoms with van der Waals surface area (Å²) in [5.41, 5.74) is 7.52. The lowest BCUT2D eigenvalue weighted by Crippen LogP contribution is -2.35. The Morgan fingerprint density at radius 1 is 1.42 bits per heavy atom. The SMILES string of the molecule is CCn1nccc1C(=O)Nc1sc2c(c1C(N)=O)CCN(C(C)C)C2.Cl. The first kappa shape index (κ1) is 20.4. The van der Waals surface area contributed by atoms with E-state index in [1.54, 1.807) is 16.9 Å². The fraction of sp³-hybridized carbons (Fsp3) is 0.471. The monoisotopic (exact) mass is 397 g/mol. The Balaban J connectivity index is 0.00000243. The van der Waals surface area contributed by atoms with Gasteiger partial charge in [-0.2, -0.15) is 5.10 Å². The number of carbonyl (C=O) groups excluding carboxylic acids is 2. The fourth-order valence-electron chi connectivity index (χ4n) is 3.16. The van der Waals surface area contributed by atoms with E-state index in [2.05, 4.69) is 29.2 Å². The molecule has 1 aliphatic rings. The van der Waals surface area contributed by atoms with Crippen LogP contribution in [0.1, 0.15) is 52.1 Å². The number of carbonyl (C=O) groups is 2. The molecule has 0 saturated heterocycles. The van der Waals surface area contributed by atoms with Gasteiger partial charge in [0.25, 0.3) is 11.8 Å². The molecule has 0 aromatic carbocycles. The second kappa shape index (κ2) is 8.20. The maximum Gasteiger partial charge on any atom is 0.274 e. The van der Waals surface area contributed by atoms with Crippen LogP contribution in [0.2, 0.25) is 0 Å². The molecule has 7 nitrogen and oxygen atoms in total. The molecule has 2 aromatic rings. The molecule has 0 radical (unpaired) electrons. The van der Waals surface area contributed by atoms with Crippen molar-refractivity contribution in [3.05, 3.63) is 34.0 Å². The van der Waals surface area contributed by atoms with Crippen molar-refractivity contribution in [2.24, 2.45) is 5.73 Å². The van der Waals surface area contributed by atoms with Gasteiger partial charge in [-0.05, 0) is 38.8 Å². The van der Waals surface area contributed by atoms with Crippen molar-refractivity contribution < 1.29 is 9.59 Å². The van der Waals surface area contributed by atoms with Crippen LogP contribution in [0.15, 0.2) is 12.3 Å². The molecule has 0 aliphatic carbocycles. The van der Waals surface area contributed by atoms with E-state index >= 15 is 0 Å². The van der Waals surface area contributed by atoms with Crippen LogP contribution in [0.3, 0.4) is 0 Å². The highest BCUT2D eigenvalue weighted by Crippen LogP contribution is 2.37. The van der Waals surface area contributed by atoms with Crippen LogP contribution in [0.25, 0.3) is 0 Å². The zero-order valence-corrected chi connectivity index (χ0v) is 16.7. The van der Waals surface area contributed by atoms with Crippen LogP contribution in [0.4, 0.5) is 5.00 Å². The molecule has 0 saturated carbocycles. The first-order chi connectivity index (χ1) is 11.9. The number of anilines is 1. The van der Waals surface area contributed by atoms with Crippen molar-refractivity contribution >= 4 is 40.6 Å². The Kier molecular flexibility index (Phi) is 6.44. The molecule has 0 atom stereocenters. The third-order valence-electron chi connectivity index (χ3n) is 4.54. The average molecular weight is 398 g/mol. The van der Waals surface area contributed by atoms with Crippen molar-refractivity contribution in [2.75, 3.05) is 11.9 Å². The molecule has 0 unspecified atom stereocenters.